The van der Waals surface area contributed by atoms with Crippen molar-refractivity contribution in [3.63, 3.8) is 0 Å². The first-order valence-electron chi connectivity index (χ1n) is 9.02. The minimum absolute atomic E-state index is 0.0242. The summed E-state index contributed by atoms with van der Waals surface area (Å²) < 4.78 is 6.07. The van der Waals surface area contributed by atoms with Crippen LogP contribution in [0.1, 0.15) is 33.6 Å². The number of benzene rings is 1. The number of nitrogens with zero attached hydrogens (tertiary/aromatic N) is 2. The number of amides is 1. The summed E-state index contributed by atoms with van der Waals surface area (Å²) in [5.41, 5.74) is 1.69. The number of aromatic amines is 1. The van der Waals surface area contributed by atoms with Crippen LogP contribution in [-0.4, -0.2) is 40.0 Å². The summed E-state index contributed by atoms with van der Waals surface area (Å²) in [5, 5.41) is 0.517. The van der Waals surface area contributed by atoms with Crippen LogP contribution in [0, 0.1) is 13.8 Å². The van der Waals surface area contributed by atoms with E-state index < -0.39 is 0 Å². The molecule has 0 saturated carbocycles. The minimum Gasteiger partial charge on any atom is -0.490 e. The van der Waals surface area contributed by atoms with Crippen molar-refractivity contribution < 1.29 is 9.53 Å². The van der Waals surface area contributed by atoms with E-state index in [0.717, 1.165) is 18.6 Å². The average Bonchev–Trinajstić information content (AvgIpc) is 3.00. The van der Waals surface area contributed by atoms with Crippen LogP contribution in [-0.2, 0) is 0 Å². The maximum absolute atomic E-state index is 13.0. The number of carbonyl (C=O) groups excluding carboxylic acids is 1. The number of fused-ring (bicyclic) bond motifs is 1. The lowest BCUT2D eigenvalue weighted by molar-refractivity contribution is 0.0599. The second-order valence-electron chi connectivity index (χ2n) is 6.89. The molecular weight excluding hydrogens is 362 g/mol. The van der Waals surface area contributed by atoms with Crippen LogP contribution in [0.2, 0.25) is 0 Å². The van der Waals surface area contributed by atoms with Crippen LogP contribution in [0.3, 0.4) is 0 Å². The van der Waals surface area contributed by atoms with E-state index in [2.05, 4.69) is 9.97 Å². The van der Waals surface area contributed by atoms with Gasteiger partial charge in [0.1, 0.15) is 16.7 Å². The van der Waals surface area contributed by atoms with Crippen molar-refractivity contribution >= 4 is 27.5 Å². The molecule has 1 aliphatic rings. The van der Waals surface area contributed by atoms with Crippen LogP contribution in [0.15, 0.2) is 35.4 Å². The fraction of sp³-hybridized carbons (Fsp3) is 0.350. The van der Waals surface area contributed by atoms with Gasteiger partial charge >= 0.3 is 0 Å². The lowest BCUT2D eigenvalue weighted by Crippen LogP contribution is -2.41. The Labute approximate surface area is 160 Å². The molecule has 6 nitrogen and oxygen atoms in total. The molecule has 0 atom stereocenters. The molecule has 1 saturated heterocycles. The summed E-state index contributed by atoms with van der Waals surface area (Å²) in [6.07, 6.45) is 3.08. The minimum atomic E-state index is -0.196. The predicted molar refractivity (Wildman–Crippen MR) is 106 cm³/mol. The standard InChI is InChI=1S/C20H21N3O3S/c1-12-4-3-5-15(10-12)26-14-6-8-23(9-7-14)20(25)17-13(2)16-18(24)21-11-22-19(16)27-17/h3-5,10-11,14H,6-9H2,1-2H3,(H,21,22,24). The van der Waals surface area contributed by atoms with E-state index >= 15 is 0 Å². The number of aryl methyl sites for hydroxylation is 2. The Morgan fingerprint density at radius 2 is 2.07 bits per heavy atom. The number of piperidine rings is 1. The van der Waals surface area contributed by atoms with Gasteiger partial charge < -0.3 is 14.6 Å². The summed E-state index contributed by atoms with van der Waals surface area (Å²) in [4.78, 5) is 34.8. The van der Waals surface area contributed by atoms with Gasteiger partial charge in [-0.2, -0.15) is 0 Å². The number of thiophene rings is 1. The zero-order valence-electron chi connectivity index (χ0n) is 15.3. The van der Waals surface area contributed by atoms with Gasteiger partial charge in [-0.3, -0.25) is 9.59 Å². The van der Waals surface area contributed by atoms with Gasteiger partial charge in [0, 0.05) is 25.9 Å². The van der Waals surface area contributed by atoms with E-state index in [1.807, 2.05) is 43.0 Å². The SMILES string of the molecule is Cc1cccc(OC2CCN(C(=O)c3sc4nc[nH]c(=O)c4c3C)CC2)c1. The van der Waals surface area contributed by atoms with Gasteiger partial charge in [0.05, 0.1) is 16.6 Å². The second kappa shape index (κ2) is 7.15. The number of hydrogen-bond donors (Lipinski definition) is 1. The topological polar surface area (TPSA) is 75.3 Å². The molecule has 2 aromatic heterocycles. The van der Waals surface area contributed by atoms with Crippen molar-refractivity contribution in [3.8, 4) is 5.75 Å². The number of likely N-dealkylation sites (tertiary alicyclic amines) is 1. The van der Waals surface area contributed by atoms with Crippen LogP contribution >= 0.6 is 11.3 Å². The smallest absolute Gasteiger partial charge is 0.264 e. The first-order chi connectivity index (χ1) is 13.0. The summed E-state index contributed by atoms with van der Waals surface area (Å²) in [6, 6.07) is 8.03. The quantitative estimate of drug-likeness (QED) is 0.753. The molecular formula is C20H21N3O3S. The van der Waals surface area contributed by atoms with Gasteiger partial charge in [-0.1, -0.05) is 12.1 Å². The first-order valence-corrected chi connectivity index (χ1v) is 9.84. The Kier molecular flexibility index (Phi) is 4.70. The maximum Gasteiger partial charge on any atom is 0.264 e. The van der Waals surface area contributed by atoms with Gasteiger partial charge in [0.15, 0.2) is 0 Å². The highest BCUT2D eigenvalue weighted by atomic mass is 32.1. The van der Waals surface area contributed by atoms with Crippen molar-refractivity contribution in [2.45, 2.75) is 32.8 Å². The van der Waals surface area contributed by atoms with Crippen LogP contribution in [0.5, 0.6) is 5.75 Å². The summed E-state index contributed by atoms with van der Waals surface area (Å²) in [6.45, 7) is 5.15. The zero-order valence-corrected chi connectivity index (χ0v) is 16.1. The normalized spacial score (nSPS) is 15.3. The number of rotatable bonds is 3. The highest BCUT2D eigenvalue weighted by Gasteiger charge is 2.28. The molecule has 4 rings (SSSR count). The van der Waals surface area contributed by atoms with E-state index in [9.17, 15) is 9.59 Å². The van der Waals surface area contributed by atoms with Crippen LogP contribution in [0.25, 0.3) is 10.2 Å². The summed E-state index contributed by atoms with van der Waals surface area (Å²) >= 11 is 1.29. The molecule has 27 heavy (non-hydrogen) atoms. The lowest BCUT2D eigenvalue weighted by Gasteiger charge is -2.32. The average molecular weight is 383 g/mol. The number of H-pyrrole nitrogens is 1. The van der Waals surface area contributed by atoms with Crippen molar-refractivity contribution in [1.82, 2.24) is 14.9 Å². The van der Waals surface area contributed by atoms with E-state index in [0.29, 0.717) is 33.7 Å². The van der Waals surface area contributed by atoms with Gasteiger partial charge in [0.2, 0.25) is 0 Å². The molecule has 140 valence electrons. The molecule has 0 spiro atoms. The third kappa shape index (κ3) is 3.47. The Morgan fingerprint density at radius 1 is 1.30 bits per heavy atom. The molecule has 7 heteroatoms. The molecule has 1 aliphatic heterocycles. The number of hydrogen-bond acceptors (Lipinski definition) is 5. The summed E-state index contributed by atoms with van der Waals surface area (Å²) in [5.74, 6) is 0.856. The molecule has 1 amide bonds. The fourth-order valence-corrected chi connectivity index (χ4v) is 4.60. The predicted octanol–water partition coefficient (Wildman–Crippen LogP) is 3.29. The Morgan fingerprint density at radius 3 is 2.78 bits per heavy atom. The Hall–Kier alpha value is -2.67. The maximum atomic E-state index is 13.0. The van der Waals surface area contributed by atoms with Crippen LogP contribution in [0.4, 0.5) is 0 Å². The highest BCUT2D eigenvalue weighted by molar-refractivity contribution is 7.20. The van der Waals surface area contributed by atoms with Gasteiger partial charge in [0.25, 0.3) is 11.5 Å². The molecule has 0 aliphatic carbocycles. The van der Waals surface area contributed by atoms with Gasteiger partial charge in [-0.15, -0.1) is 11.3 Å². The molecule has 0 radical (unpaired) electrons. The van der Waals surface area contributed by atoms with E-state index in [1.165, 1.54) is 23.2 Å². The monoisotopic (exact) mass is 383 g/mol. The van der Waals surface area contributed by atoms with Crippen molar-refractivity contribution in [2.24, 2.45) is 0 Å². The lowest BCUT2D eigenvalue weighted by atomic mass is 10.1. The molecule has 0 unspecified atom stereocenters. The second-order valence-corrected chi connectivity index (χ2v) is 7.89. The van der Waals surface area contributed by atoms with E-state index in [1.54, 1.807) is 0 Å². The van der Waals surface area contributed by atoms with Crippen molar-refractivity contribution in [1.29, 1.82) is 0 Å². The third-order valence-electron chi connectivity index (χ3n) is 4.95. The summed E-state index contributed by atoms with van der Waals surface area (Å²) in [7, 11) is 0. The number of nitrogens with one attached hydrogen (secondary N) is 1. The Balaban J connectivity index is 1.45. The molecule has 3 heterocycles. The highest BCUT2D eigenvalue weighted by Crippen LogP contribution is 2.29. The number of ether oxygens (including phenoxy) is 1. The number of aromatic nitrogens is 2. The van der Waals surface area contributed by atoms with Crippen molar-refractivity contribution in [2.75, 3.05) is 13.1 Å². The fourth-order valence-electron chi connectivity index (χ4n) is 3.48. The molecule has 0 bridgehead atoms. The molecule has 3 aromatic rings. The molecule has 1 fully saturated rings. The van der Waals surface area contributed by atoms with Gasteiger partial charge in [-0.05, 0) is 37.1 Å². The van der Waals surface area contributed by atoms with Crippen molar-refractivity contribution in [3.05, 3.63) is 57.0 Å². The van der Waals surface area contributed by atoms with Gasteiger partial charge in [-0.25, -0.2) is 4.98 Å². The number of carbonyl (C=O) groups is 1. The zero-order chi connectivity index (χ0) is 19.0. The van der Waals surface area contributed by atoms with E-state index in [-0.39, 0.29) is 17.6 Å². The van der Waals surface area contributed by atoms with E-state index in [4.69, 9.17) is 4.74 Å². The molecule has 1 aromatic carbocycles. The first kappa shape index (κ1) is 17.7. The third-order valence-corrected chi connectivity index (χ3v) is 6.14. The van der Waals surface area contributed by atoms with Crippen LogP contribution < -0.4 is 10.3 Å². The molecule has 1 N–H and O–H groups in total. The largest absolute Gasteiger partial charge is 0.490 e. The Bertz CT molecular complexity index is 1050.